The Bertz CT molecular complexity index is 800. The number of piperidine rings is 1. The van der Waals surface area contributed by atoms with E-state index in [1.165, 1.54) is 0 Å². The molecule has 8 nitrogen and oxygen atoms in total. The minimum atomic E-state index is -0.541. The van der Waals surface area contributed by atoms with Crippen molar-refractivity contribution in [2.24, 2.45) is 5.92 Å². The first kappa shape index (κ1) is 23.2. The van der Waals surface area contributed by atoms with Crippen molar-refractivity contribution in [3.63, 3.8) is 0 Å². The van der Waals surface area contributed by atoms with Gasteiger partial charge in [0.2, 0.25) is 11.8 Å². The lowest BCUT2D eigenvalue weighted by Gasteiger charge is -2.35. The van der Waals surface area contributed by atoms with Gasteiger partial charge in [0.05, 0.1) is 13.0 Å². The lowest BCUT2D eigenvalue weighted by Crippen LogP contribution is -2.49. The molecular formula is C22H31N3O5S. The van der Waals surface area contributed by atoms with Crippen LogP contribution in [0.1, 0.15) is 33.6 Å². The highest BCUT2D eigenvalue weighted by molar-refractivity contribution is 7.99. The van der Waals surface area contributed by atoms with E-state index in [9.17, 15) is 14.4 Å². The van der Waals surface area contributed by atoms with Crippen molar-refractivity contribution in [2.75, 3.05) is 37.1 Å². The summed E-state index contributed by atoms with van der Waals surface area (Å²) in [5, 5.41) is 2.90. The van der Waals surface area contributed by atoms with Gasteiger partial charge < -0.3 is 24.6 Å². The van der Waals surface area contributed by atoms with Gasteiger partial charge in [-0.2, -0.15) is 0 Å². The summed E-state index contributed by atoms with van der Waals surface area (Å²) >= 11 is 1.58. The van der Waals surface area contributed by atoms with Crippen molar-refractivity contribution in [3.8, 4) is 5.75 Å². The molecule has 0 saturated carbocycles. The average molecular weight is 450 g/mol. The van der Waals surface area contributed by atoms with E-state index in [1.807, 2.05) is 20.8 Å². The van der Waals surface area contributed by atoms with E-state index < -0.39 is 11.6 Å². The van der Waals surface area contributed by atoms with E-state index in [-0.39, 0.29) is 23.8 Å². The molecule has 3 rings (SSSR count). The number of rotatable bonds is 4. The highest BCUT2D eigenvalue weighted by Crippen LogP contribution is 2.28. The molecule has 0 bridgehead atoms. The quantitative estimate of drug-likeness (QED) is 0.760. The van der Waals surface area contributed by atoms with Crippen LogP contribution in [0, 0.1) is 5.92 Å². The molecule has 2 aliphatic rings. The van der Waals surface area contributed by atoms with Gasteiger partial charge in [-0.3, -0.25) is 9.59 Å². The predicted molar refractivity (Wildman–Crippen MR) is 120 cm³/mol. The van der Waals surface area contributed by atoms with Crippen molar-refractivity contribution in [1.82, 2.24) is 9.80 Å². The van der Waals surface area contributed by atoms with Gasteiger partial charge in [-0.05, 0) is 57.9 Å². The Morgan fingerprint density at radius 1 is 1.10 bits per heavy atom. The molecule has 2 heterocycles. The van der Waals surface area contributed by atoms with Gasteiger partial charge in [-0.1, -0.05) is 0 Å². The summed E-state index contributed by atoms with van der Waals surface area (Å²) in [7, 11) is 1.59. The van der Waals surface area contributed by atoms with Crippen molar-refractivity contribution >= 4 is 35.4 Å². The van der Waals surface area contributed by atoms with Crippen LogP contribution < -0.4 is 10.1 Å². The lowest BCUT2D eigenvalue weighted by molar-refractivity contribution is -0.141. The molecule has 1 N–H and O–H groups in total. The summed E-state index contributed by atoms with van der Waals surface area (Å²) in [5.74, 6) is 1.41. The molecule has 1 aromatic carbocycles. The summed E-state index contributed by atoms with van der Waals surface area (Å²) in [6, 6.07) is 6.61. The highest BCUT2D eigenvalue weighted by Gasteiger charge is 2.39. The number of nitrogens with one attached hydrogen (secondary N) is 1. The number of nitrogens with zero attached hydrogens (tertiary/aromatic N) is 2. The van der Waals surface area contributed by atoms with E-state index in [1.54, 1.807) is 52.9 Å². The zero-order chi connectivity index (χ0) is 22.6. The summed E-state index contributed by atoms with van der Waals surface area (Å²) in [6.45, 7) is 6.47. The van der Waals surface area contributed by atoms with Gasteiger partial charge in [0.25, 0.3) is 0 Å². The number of carbonyl (C=O) groups is 3. The Hall–Kier alpha value is -2.42. The predicted octanol–water partition coefficient (Wildman–Crippen LogP) is 3.18. The van der Waals surface area contributed by atoms with Crippen LogP contribution in [0.2, 0.25) is 0 Å². The minimum Gasteiger partial charge on any atom is -0.497 e. The summed E-state index contributed by atoms with van der Waals surface area (Å²) in [4.78, 5) is 41.5. The Morgan fingerprint density at radius 2 is 1.74 bits per heavy atom. The van der Waals surface area contributed by atoms with Crippen LogP contribution in [-0.4, -0.2) is 71.2 Å². The number of carbonyl (C=O) groups excluding carboxylic acids is 3. The second kappa shape index (κ2) is 9.80. The molecule has 170 valence electrons. The van der Waals surface area contributed by atoms with E-state index in [0.29, 0.717) is 49.0 Å². The molecule has 1 aromatic rings. The van der Waals surface area contributed by atoms with E-state index in [0.717, 1.165) is 0 Å². The van der Waals surface area contributed by atoms with Crippen LogP contribution in [0.5, 0.6) is 5.75 Å². The topological polar surface area (TPSA) is 88.2 Å². The molecule has 1 unspecified atom stereocenters. The number of anilines is 1. The Morgan fingerprint density at radius 3 is 2.32 bits per heavy atom. The number of thioether (sulfide) groups is 1. The van der Waals surface area contributed by atoms with Crippen LogP contribution in [0.4, 0.5) is 10.5 Å². The van der Waals surface area contributed by atoms with E-state index in [2.05, 4.69) is 5.32 Å². The molecule has 0 spiro atoms. The molecule has 2 aliphatic heterocycles. The molecule has 31 heavy (non-hydrogen) atoms. The van der Waals surface area contributed by atoms with Crippen molar-refractivity contribution < 1.29 is 23.9 Å². The number of hydrogen-bond acceptors (Lipinski definition) is 6. The maximum Gasteiger partial charge on any atom is 0.410 e. The third-order valence-electron chi connectivity index (χ3n) is 5.32. The molecular weight excluding hydrogens is 418 g/mol. The van der Waals surface area contributed by atoms with Crippen molar-refractivity contribution in [2.45, 2.75) is 45.3 Å². The summed E-state index contributed by atoms with van der Waals surface area (Å²) in [5.41, 5.74) is 0.127. The molecule has 9 heteroatoms. The molecule has 0 aromatic heterocycles. The number of methoxy groups -OCH3 is 1. The molecule has 1 atom stereocenters. The van der Waals surface area contributed by atoms with Gasteiger partial charge in [-0.25, -0.2) is 4.79 Å². The molecule has 0 aliphatic carbocycles. The summed E-state index contributed by atoms with van der Waals surface area (Å²) in [6.07, 6.45) is 0.810. The van der Waals surface area contributed by atoms with Crippen LogP contribution in [0.3, 0.4) is 0 Å². The fourth-order valence-corrected chi connectivity index (χ4v) is 4.81. The number of likely N-dealkylation sites (tertiary alicyclic amines) is 1. The number of hydrogen-bond donors (Lipinski definition) is 1. The lowest BCUT2D eigenvalue weighted by atomic mass is 9.95. The fraction of sp³-hybridized carbons (Fsp3) is 0.591. The summed E-state index contributed by atoms with van der Waals surface area (Å²) < 4.78 is 10.6. The Labute approximate surface area is 187 Å². The first-order valence-corrected chi connectivity index (χ1v) is 11.6. The van der Waals surface area contributed by atoms with Gasteiger partial charge in [0, 0.05) is 30.4 Å². The average Bonchev–Trinajstić information content (AvgIpc) is 3.23. The monoisotopic (exact) mass is 449 g/mol. The normalized spacial score (nSPS) is 19.8. The molecule has 3 amide bonds. The van der Waals surface area contributed by atoms with Gasteiger partial charge >= 0.3 is 6.09 Å². The minimum absolute atomic E-state index is 0.0104. The van der Waals surface area contributed by atoms with Gasteiger partial charge in [0.1, 0.15) is 17.4 Å². The maximum absolute atomic E-state index is 13.1. The van der Waals surface area contributed by atoms with E-state index >= 15 is 0 Å². The van der Waals surface area contributed by atoms with Crippen molar-refractivity contribution in [3.05, 3.63) is 24.3 Å². The second-order valence-corrected chi connectivity index (χ2v) is 9.78. The van der Waals surface area contributed by atoms with Gasteiger partial charge in [-0.15, -0.1) is 11.8 Å². The van der Waals surface area contributed by atoms with Crippen LogP contribution >= 0.6 is 11.8 Å². The molecule has 2 fully saturated rings. The first-order chi connectivity index (χ1) is 14.7. The maximum atomic E-state index is 13.1. The highest BCUT2D eigenvalue weighted by atomic mass is 32.2. The standard InChI is InChI=1S/C22H31N3O5S/c1-22(2,3)30-21(28)24-11-9-15(10-12-24)20(27)25-14-31-13-18(25)19(26)23-16-5-7-17(29-4)8-6-16/h5-8,15,18H,9-14H2,1-4H3,(H,23,26). The number of benzene rings is 1. The first-order valence-electron chi connectivity index (χ1n) is 10.5. The third kappa shape index (κ3) is 6.06. The van der Waals surface area contributed by atoms with Crippen LogP contribution in [-0.2, 0) is 14.3 Å². The Balaban J connectivity index is 1.55. The van der Waals surface area contributed by atoms with Crippen LogP contribution in [0.25, 0.3) is 0 Å². The zero-order valence-electron chi connectivity index (χ0n) is 18.6. The number of ether oxygens (including phenoxy) is 2. The SMILES string of the molecule is COc1ccc(NC(=O)C2CSCN2C(=O)C2CCN(C(=O)OC(C)(C)C)CC2)cc1. The fourth-order valence-electron chi connectivity index (χ4n) is 3.65. The van der Waals surface area contributed by atoms with Crippen molar-refractivity contribution in [1.29, 1.82) is 0 Å². The molecule has 0 radical (unpaired) electrons. The van der Waals surface area contributed by atoms with Crippen LogP contribution in [0.15, 0.2) is 24.3 Å². The molecule has 2 saturated heterocycles. The zero-order valence-corrected chi connectivity index (χ0v) is 19.4. The number of amides is 3. The second-order valence-electron chi connectivity index (χ2n) is 8.78. The van der Waals surface area contributed by atoms with Gasteiger partial charge in [0.15, 0.2) is 0 Å². The van der Waals surface area contributed by atoms with E-state index in [4.69, 9.17) is 9.47 Å². The Kier molecular flexibility index (Phi) is 7.35. The third-order valence-corrected chi connectivity index (χ3v) is 6.33. The smallest absolute Gasteiger partial charge is 0.410 e. The largest absolute Gasteiger partial charge is 0.497 e.